The molecule has 2 N–H and O–H groups in total. The predicted octanol–water partition coefficient (Wildman–Crippen LogP) is 3.87. The van der Waals surface area contributed by atoms with E-state index in [-0.39, 0.29) is 11.3 Å². The largest absolute Gasteiger partial charge is 0.496 e. The second-order valence-corrected chi connectivity index (χ2v) is 7.70. The molecule has 1 saturated carbocycles. The van der Waals surface area contributed by atoms with Gasteiger partial charge >= 0.3 is 12.1 Å². The number of hydrogen-bond acceptors (Lipinski definition) is 4. The number of hydrogen-bond donors (Lipinski definition) is 2. The summed E-state index contributed by atoms with van der Waals surface area (Å²) in [6.07, 6.45) is -0.549. The number of anilines is 1. The summed E-state index contributed by atoms with van der Waals surface area (Å²) in [5, 5.41) is 12.0. The molecule has 132 valence electrons. The number of ether oxygens (including phenoxy) is 2. The molecule has 1 fully saturated rings. The van der Waals surface area contributed by atoms with Crippen LogP contribution in [-0.2, 0) is 9.53 Å². The van der Waals surface area contributed by atoms with E-state index in [1.54, 1.807) is 39.0 Å². The summed E-state index contributed by atoms with van der Waals surface area (Å²) in [7, 11) is 1.53. The molecule has 1 amide bonds. The van der Waals surface area contributed by atoms with Gasteiger partial charge in [-0.3, -0.25) is 10.1 Å². The summed E-state index contributed by atoms with van der Waals surface area (Å²) < 4.78 is 10.6. The standard InChI is InChI=1S/C18H25NO5/c1-17(2,3)24-16(22)19-10-7-8-11(12(9-10)23-6)13-14(15(20)21)18(13,4)5/h7-9,13-14H,1-6H3,(H,19,22)(H,20,21)/t13-,14+/m0/s1. The molecule has 1 aliphatic rings. The summed E-state index contributed by atoms with van der Waals surface area (Å²) >= 11 is 0. The number of amides is 1. The molecule has 0 bridgehead atoms. The SMILES string of the molecule is COc1cc(NC(=O)OC(C)(C)C)ccc1[C@H]1[C@H](C(=O)O)C1(C)C. The first kappa shape index (κ1) is 18.1. The number of aliphatic carboxylic acids is 1. The first-order chi connectivity index (χ1) is 11.0. The van der Waals surface area contributed by atoms with Crippen LogP contribution in [0.3, 0.4) is 0 Å². The van der Waals surface area contributed by atoms with Gasteiger partial charge in [-0.05, 0) is 37.8 Å². The van der Waals surface area contributed by atoms with Crippen LogP contribution in [0.25, 0.3) is 0 Å². The van der Waals surface area contributed by atoms with Crippen molar-refractivity contribution in [3.63, 3.8) is 0 Å². The van der Waals surface area contributed by atoms with Crippen molar-refractivity contribution in [1.29, 1.82) is 0 Å². The van der Waals surface area contributed by atoms with Crippen LogP contribution in [-0.4, -0.2) is 29.9 Å². The van der Waals surface area contributed by atoms with Crippen LogP contribution in [0.1, 0.15) is 46.1 Å². The first-order valence-electron chi connectivity index (χ1n) is 7.88. The number of benzene rings is 1. The molecule has 24 heavy (non-hydrogen) atoms. The van der Waals surface area contributed by atoms with Crippen LogP contribution < -0.4 is 10.1 Å². The number of methoxy groups -OCH3 is 1. The number of nitrogens with one attached hydrogen (secondary N) is 1. The van der Waals surface area contributed by atoms with E-state index in [0.717, 1.165) is 5.56 Å². The number of carbonyl (C=O) groups excluding carboxylic acids is 1. The lowest BCUT2D eigenvalue weighted by atomic mass is 10.0. The highest BCUT2D eigenvalue weighted by Gasteiger charge is 2.63. The Balaban J connectivity index is 2.20. The quantitative estimate of drug-likeness (QED) is 0.872. The van der Waals surface area contributed by atoms with E-state index >= 15 is 0 Å². The average Bonchev–Trinajstić information content (AvgIpc) is 2.99. The zero-order valence-corrected chi connectivity index (χ0v) is 15.0. The van der Waals surface area contributed by atoms with Crippen molar-refractivity contribution in [2.24, 2.45) is 11.3 Å². The van der Waals surface area contributed by atoms with E-state index in [9.17, 15) is 14.7 Å². The molecular weight excluding hydrogens is 310 g/mol. The molecule has 0 spiro atoms. The Morgan fingerprint density at radius 3 is 2.33 bits per heavy atom. The van der Waals surface area contributed by atoms with E-state index in [2.05, 4.69) is 5.32 Å². The zero-order valence-electron chi connectivity index (χ0n) is 15.0. The molecule has 2 atom stereocenters. The van der Waals surface area contributed by atoms with E-state index in [1.807, 2.05) is 13.8 Å². The van der Waals surface area contributed by atoms with Gasteiger partial charge in [-0.25, -0.2) is 4.79 Å². The maximum atomic E-state index is 11.9. The highest BCUT2D eigenvalue weighted by atomic mass is 16.6. The maximum absolute atomic E-state index is 11.9. The predicted molar refractivity (Wildman–Crippen MR) is 90.5 cm³/mol. The Morgan fingerprint density at radius 1 is 1.25 bits per heavy atom. The zero-order chi connectivity index (χ0) is 18.3. The maximum Gasteiger partial charge on any atom is 0.412 e. The van der Waals surface area contributed by atoms with E-state index in [0.29, 0.717) is 11.4 Å². The summed E-state index contributed by atoms with van der Waals surface area (Å²) in [5.74, 6) is -0.787. The molecule has 6 heteroatoms. The molecule has 0 aromatic heterocycles. The fourth-order valence-corrected chi connectivity index (χ4v) is 3.15. The normalized spacial score (nSPS) is 21.8. The molecule has 0 unspecified atom stereocenters. The smallest absolute Gasteiger partial charge is 0.412 e. The van der Waals surface area contributed by atoms with Crippen LogP contribution >= 0.6 is 0 Å². The minimum absolute atomic E-state index is 0.111. The van der Waals surface area contributed by atoms with E-state index in [1.165, 1.54) is 7.11 Å². The molecule has 1 aromatic carbocycles. The molecular formula is C18H25NO5. The second kappa shape index (κ2) is 6.00. The average molecular weight is 335 g/mol. The van der Waals surface area contributed by atoms with Crippen molar-refractivity contribution in [2.45, 2.75) is 46.1 Å². The van der Waals surface area contributed by atoms with Crippen molar-refractivity contribution in [3.8, 4) is 5.75 Å². The fraction of sp³-hybridized carbons (Fsp3) is 0.556. The van der Waals surface area contributed by atoms with Gasteiger partial charge in [0.25, 0.3) is 0 Å². The molecule has 0 aliphatic heterocycles. The minimum Gasteiger partial charge on any atom is -0.496 e. The van der Waals surface area contributed by atoms with Gasteiger partial charge in [-0.2, -0.15) is 0 Å². The molecule has 0 saturated heterocycles. The molecule has 6 nitrogen and oxygen atoms in total. The summed E-state index contributed by atoms with van der Waals surface area (Å²) in [6.45, 7) is 9.23. The van der Waals surface area contributed by atoms with Gasteiger partial charge in [0.05, 0.1) is 13.0 Å². The summed E-state index contributed by atoms with van der Waals surface area (Å²) in [4.78, 5) is 23.2. The monoisotopic (exact) mass is 335 g/mol. The van der Waals surface area contributed by atoms with Crippen LogP contribution in [0.15, 0.2) is 18.2 Å². The number of rotatable bonds is 4. The Morgan fingerprint density at radius 2 is 1.88 bits per heavy atom. The van der Waals surface area contributed by atoms with Crippen molar-refractivity contribution >= 4 is 17.7 Å². The Hall–Kier alpha value is -2.24. The Labute approximate surface area is 142 Å². The lowest BCUT2D eigenvalue weighted by Gasteiger charge is -2.20. The third-order valence-electron chi connectivity index (χ3n) is 4.31. The molecule has 1 aliphatic carbocycles. The third kappa shape index (κ3) is 3.63. The van der Waals surface area contributed by atoms with E-state index < -0.39 is 23.6 Å². The summed E-state index contributed by atoms with van der Waals surface area (Å²) in [6, 6.07) is 5.22. The first-order valence-corrected chi connectivity index (χ1v) is 7.88. The van der Waals surface area contributed by atoms with Crippen molar-refractivity contribution in [1.82, 2.24) is 0 Å². The van der Waals surface area contributed by atoms with Crippen LogP contribution in [0.4, 0.5) is 10.5 Å². The lowest BCUT2D eigenvalue weighted by molar-refractivity contribution is -0.139. The van der Waals surface area contributed by atoms with E-state index in [4.69, 9.17) is 9.47 Å². The van der Waals surface area contributed by atoms with Crippen LogP contribution in [0.5, 0.6) is 5.75 Å². The number of carboxylic acid groups (broad SMARTS) is 1. The van der Waals surface area contributed by atoms with Gasteiger partial charge in [-0.15, -0.1) is 0 Å². The Bertz CT molecular complexity index is 660. The number of carboxylic acids is 1. The van der Waals surface area contributed by atoms with Crippen molar-refractivity contribution in [2.75, 3.05) is 12.4 Å². The highest BCUT2D eigenvalue weighted by molar-refractivity contribution is 5.85. The van der Waals surface area contributed by atoms with Crippen LogP contribution in [0, 0.1) is 11.3 Å². The number of carbonyl (C=O) groups is 2. The van der Waals surface area contributed by atoms with Gasteiger partial charge in [0.1, 0.15) is 11.4 Å². The Kier molecular flexibility index (Phi) is 4.52. The lowest BCUT2D eigenvalue weighted by Crippen LogP contribution is -2.27. The van der Waals surface area contributed by atoms with Gasteiger partial charge in [0, 0.05) is 17.7 Å². The van der Waals surface area contributed by atoms with Gasteiger partial charge in [0.2, 0.25) is 0 Å². The van der Waals surface area contributed by atoms with Crippen molar-refractivity contribution < 1.29 is 24.2 Å². The topological polar surface area (TPSA) is 84.9 Å². The van der Waals surface area contributed by atoms with Crippen LogP contribution in [0.2, 0.25) is 0 Å². The molecule has 1 aromatic rings. The molecule has 0 radical (unpaired) electrons. The second-order valence-electron chi connectivity index (χ2n) is 7.70. The molecule has 0 heterocycles. The highest BCUT2D eigenvalue weighted by Crippen LogP contribution is 2.65. The van der Waals surface area contributed by atoms with Gasteiger partial charge < -0.3 is 14.6 Å². The summed E-state index contributed by atoms with van der Waals surface area (Å²) in [5.41, 5.74) is 0.472. The minimum atomic E-state index is -0.803. The van der Waals surface area contributed by atoms with Crippen molar-refractivity contribution in [3.05, 3.63) is 23.8 Å². The van der Waals surface area contributed by atoms with Gasteiger partial charge in [-0.1, -0.05) is 19.9 Å². The third-order valence-corrected chi connectivity index (χ3v) is 4.31. The fourth-order valence-electron chi connectivity index (χ4n) is 3.15. The van der Waals surface area contributed by atoms with Gasteiger partial charge in [0.15, 0.2) is 0 Å². The molecule has 2 rings (SSSR count).